The predicted octanol–water partition coefficient (Wildman–Crippen LogP) is 2.82. The summed E-state index contributed by atoms with van der Waals surface area (Å²) in [4.78, 5) is 27.3. The Hall–Kier alpha value is -3.01. The number of likely N-dealkylation sites (tertiary alicyclic amines) is 1. The van der Waals surface area contributed by atoms with Gasteiger partial charge in [-0.2, -0.15) is 8.78 Å². The first-order valence-corrected chi connectivity index (χ1v) is 11.6. The molecule has 4 rings (SSSR count). The van der Waals surface area contributed by atoms with Crippen molar-refractivity contribution in [1.82, 2.24) is 9.62 Å². The number of benzene rings is 2. The first-order valence-electron chi connectivity index (χ1n) is 10.1. The van der Waals surface area contributed by atoms with Crippen LogP contribution in [0, 0.1) is 0 Å². The molecule has 2 amide bonds. The molecule has 2 aromatic rings. The van der Waals surface area contributed by atoms with E-state index in [1.54, 1.807) is 0 Å². The normalized spacial score (nSPS) is 21.6. The Morgan fingerprint density at radius 2 is 1.75 bits per heavy atom. The van der Waals surface area contributed by atoms with Crippen LogP contribution >= 0.6 is 0 Å². The molecule has 1 atom stereocenters. The molecule has 2 fully saturated rings. The fraction of sp³-hybridized carbons (Fsp3) is 0.364. The molecular formula is C22H22F2N2O5S. The Morgan fingerprint density at radius 3 is 2.31 bits per heavy atom. The summed E-state index contributed by atoms with van der Waals surface area (Å²) < 4.78 is 56.5. The number of carbonyl (C=O) groups is 2. The van der Waals surface area contributed by atoms with Crippen LogP contribution in [0.25, 0.3) is 0 Å². The van der Waals surface area contributed by atoms with Crippen molar-refractivity contribution in [2.45, 2.75) is 48.6 Å². The number of hydrogen-bond donors (Lipinski definition) is 1. The molecule has 0 bridgehead atoms. The summed E-state index contributed by atoms with van der Waals surface area (Å²) in [5, 5.41) is 0. The molecule has 0 aromatic heterocycles. The SMILES string of the molecule is CC1(C(=O)NS(=O)(=O)c2cccc(OC(F)F)c2)CCN1C(=O)C1(c2ccccc2)CC1. The third-order valence-corrected chi connectivity index (χ3v) is 7.53. The standard InChI is InChI=1S/C22H22F2N2O5S/c1-21(12-13-26(21)19(28)22(10-11-22)15-6-3-2-4-7-15)18(27)25-32(29,30)17-9-5-8-16(14-17)31-20(23)24/h2-9,14,20H,10-13H2,1H3,(H,25,27). The van der Waals surface area contributed by atoms with E-state index < -0.39 is 38.4 Å². The summed E-state index contributed by atoms with van der Waals surface area (Å²) in [5.74, 6) is -1.39. The van der Waals surface area contributed by atoms with Crippen LogP contribution < -0.4 is 9.46 Å². The number of nitrogens with one attached hydrogen (secondary N) is 1. The molecule has 7 nitrogen and oxygen atoms in total. The van der Waals surface area contributed by atoms with Crippen LogP contribution in [0.3, 0.4) is 0 Å². The van der Waals surface area contributed by atoms with Gasteiger partial charge in [-0.25, -0.2) is 13.1 Å². The fourth-order valence-electron chi connectivity index (χ4n) is 4.00. The number of carbonyl (C=O) groups excluding carboxylic acids is 2. The number of halogens is 2. The maximum atomic E-state index is 13.3. The fourth-order valence-corrected chi connectivity index (χ4v) is 5.11. The molecule has 2 aromatic carbocycles. The maximum Gasteiger partial charge on any atom is 0.387 e. The van der Waals surface area contributed by atoms with Gasteiger partial charge in [-0.1, -0.05) is 36.4 Å². The summed E-state index contributed by atoms with van der Waals surface area (Å²) in [6.07, 6.45) is 1.64. The first-order chi connectivity index (χ1) is 15.1. The lowest BCUT2D eigenvalue weighted by Crippen LogP contribution is -2.69. The van der Waals surface area contributed by atoms with Gasteiger partial charge in [0.15, 0.2) is 0 Å². The molecular weight excluding hydrogens is 442 g/mol. The van der Waals surface area contributed by atoms with Crippen molar-refractivity contribution in [2.75, 3.05) is 6.54 Å². The Bertz CT molecular complexity index is 1150. The topological polar surface area (TPSA) is 92.8 Å². The molecule has 2 aliphatic rings. The van der Waals surface area contributed by atoms with Crippen LogP contribution in [0.15, 0.2) is 59.5 Å². The molecule has 32 heavy (non-hydrogen) atoms. The van der Waals surface area contributed by atoms with Crippen LogP contribution in [-0.4, -0.2) is 43.8 Å². The monoisotopic (exact) mass is 464 g/mol. The minimum Gasteiger partial charge on any atom is -0.435 e. The molecule has 1 unspecified atom stereocenters. The number of amides is 2. The molecule has 0 spiro atoms. The highest BCUT2D eigenvalue weighted by Crippen LogP contribution is 2.51. The molecule has 1 heterocycles. The highest BCUT2D eigenvalue weighted by molar-refractivity contribution is 7.90. The van der Waals surface area contributed by atoms with Gasteiger partial charge in [0.1, 0.15) is 11.3 Å². The van der Waals surface area contributed by atoms with E-state index in [2.05, 4.69) is 4.74 Å². The summed E-state index contributed by atoms with van der Waals surface area (Å²) in [6.45, 7) is -1.25. The van der Waals surface area contributed by atoms with E-state index in [0.717, 1.165) is 17.7 Å². The molecule has 1 saturated heterocycles. The van der Waals surface area contributed by atoms with Gasteiger partial charge >= 0.3 is 6.61 Å². The minimum atomic E-state index is -4.36. The first kappa shape index (κ1) is 22.2. The lowest BCUT2D eigenvalue weighted by Gasteiger charge is -2.50. The molecule has 1 aliphatic heterocycles. The van der Waals surface area contributed by atoms with Crippen LogP contribution in [0.5, 0.6) is 5.75 Å². The van der Waals surface area contributed by atoms with E-state index in [1.807, 2.05) is 35.1 Å². The maximum absolute atomic E-state index is 13.3. The zero-order valence-corrected chi connectivity index (χ0v) is 18.1. The van der Waals surface area contributed by atoms with Crippen LogP contribution in [0.1, 0.15) is 31.7 Å². The van der Waals surface area contributed by atoms with Crippen molar-refractivity contribution in [2.24, 2.45) is 0 Å². The van der Waals surface area contributed by atoms with Crippen molar-refractivity contribution in [3.63, 3.8) is 0 Å². The van der Waals surface area contributed by atoms with E-state index in [9.17, 15) is 26.8 Å². The Morgan fingerprint density at radius 1 is 1.06 bits per heavy atom. The Kier molecular flexibility index (Phi) is 5.44. The van der Waals surface area contributed by atoms with E-state index in [0.29, 0.717) is 25.8 Å². The van der Waals surface area contributed by atoms with Crippen molar-refractivity contribution < 1.29 is 31.5 Å². The largest absolute Gasteiger partial charge is 0.435 e. The van der Waals surface area contributed by atoms with Crippen molar-refractivity contribution >= 4 is 21.8 Å². The summed E-state index contributed by atoms with van der Waals surface area (Å²) >= 11 is 0. The van der Waals surface area contributed by atoms with E-state index in [1.165, 1.54) is 24.0 Å². The third-order valence-electron chi connectivity index (χ3n) is 6.21. The second-order valence-electron chi connectivity index (χ2n) is 8.22. The average molecular weight is 464 g/mol. The van der Waals surface area contributed by atoms with Crippen LogP contribution in [0.2, 0.25) is 0 Å². The minimum absolute atomic E-state index is 0.197. The Balaban J connectivity index is 1.51. The molecule has 10 heteroatoms. The molecule has 1 aliphatic carbocycles. The lowest BCUT2D eigenvalue weighted by molar-refractivity contribution is -0.158. The highest BCUT2D eigenvalue weighted by Gasteiger charge is 2.60. The number of ether oxygens (including phenoxy) is 1. The summed E-state index contributed by atoms with van der Waals surface area (Å²) in [7, 11) is -4.36. The lowest BCUT2D eigenvalue weighted by atomic mass is 9.82. The van der Waals surface area contributed by atoms with Crippen LogP contribution in [-0.2, 0) is 25.0 Å². The quantitative estimate of drug-likeness (QED) is 0.680. The van der Waals surface area contributed by atoms with Crippen LogP contribution in [0.4, 0.5) is 8.78 Å². The van der Waals surface area contributed by atoms with E-state index in [-0.39, 0.29) is 11.7 Å². The number of hydrogen-bond acceptors (Lipinski definition) is 5. The second-order valence-corrected chi connectivity index (χ2v) is 9.90. The number of rotatable bonds is 7. The molecule has 1 saturated carbocycles. The Labute approximate surface area is 184 Å². The van der Waals surface area contributed by atoms with Crippen molar-refractivity contribution in [1.29, 1.82) is 0 Å². The van der Waals surface area contributed by atoms with Gasteiger partial charge in [-0.15, -0.1) is 0 Å². The second kappa shape index (κ2) is 7.84. The average Bonchev–Trinajstić information content (AvgIpc) is 3.54. The third kappa shape index (κ3) is 3.83. The number of alkyl halides is 2. The number of sulfonamides is 1. The van der Waals surface area contributed by atoms with Gasteiger partial charge in [0.25, 0.3) is 15.9 Å². The van der Waals surface area contributed by atoms with E-state index >= 15 is 0 Å². The molecule has 0 radical (unpaired) electrons. The van der Waals surface area contributed by atoms with Gasteiger partial charge < -0.3 is 9.64 Å². The van der Waals surface area contributed by atoms with Gasteiger partial charge in [0, 0.05) is 12.6 Å². The van der Waals surface area contributed by atoms with Crippen molar-refractivity contribution in [3.8, 4) is 5.75 Å². The van der Waals surface area contributed by atoms with E-state index in [4.69, 9.17) is 0 Å². The smallest absolute Gasteiger partial charge is 0.387 e. The van der Waals surface area contributed by atoms with Gasteiger partial charge in [-0.05, 0) is 43.9 Å². The highest BCUT2D eigenvalue weighted by atomic mass is 32.2. The zero-order chi connectivity index (χ0) is 23.1. The predicted molar refractivity (Wildman–Crippen MR) is 110 cm³/mol. The molecule has 1 N–H and O–H groups in total. The summed E-state index contributed by atoms with van der Waals surface area (Å²) in [6, 6.07) is 13.8. The zero-order valence-electron chi connectivity index (χ0n) is 17.3. The number of nitrogens with zero attached hydrogens (tertiary/aromatic N) is 1. The van der Waals surface area contributed by atoms with Crippen molar-refractivity contribution in [3.05, 3.63) is 60.2 Å². The van der Waals surface area contributed by atoms with Gasteiger partial charge in [-0.3, -0.25) is 9.59 Å². The van der Waals surface area contributed by atoms with Gasteiger partial charge in [0.05, 0.1) is 10.3 Å². The van der Waals surface area contributed by atoms with Gasteiger partial charge in [0.2, 0.25) is 5.91 Å². The molecule has 170 valence electrons. The summed E-state index contributed by atoms with van der Waals surface area (Å²) in [5.41, 5.74) is -1.13.